The van der Waals surface area contributed by atoms with Crippen LogP contribution >= 0.6 is 0 Å². The van der Waals surface area contributed by atoms with Crippen LogP contribution in [0.4, 0.5) is 0 Å². The van der Waals surface area contributed by atoms with Crippen LogP contribution in [0.3, 0.4) is 0 Å². The molecule has 82 valence electrons. The highest BCUT2D eigenvalue weighted by molar-refractivity contribution is 5.80. The van der Waals surface area contributed by atoms with Gasteiger partial charge in [0.15, 0.2) is 0 Å². The third-order valence-corrected chi connectivity index (χ3v) is 3.27. The Morgan fingerprint density at radius 1 is 1.43 bits per heavy atom. The normalized spacial score (nSPS) is 19.9. The fraction of sp³-hybridized carbons (Fsp3) is 0.917. The van der Waals surface area contributed by atoms with Crippen molar-refractivity contribution < 1.29 is 9.53 Å². The Balaban J connectivity index is 2.18. The molecule has 1 fully saturated rings. The van der Waals surface area contributed by atoms with Crippen molar-refractivity contribution in [1.29, 1.82) is 0 Å². The highest BCUT2D eigenvalue weighted by Crippen LogP contribution is 2.28. The average Bonchev–Trinajstić information content (AvgIpc) is 2.66. The molecule has 1 unspecified atom stereocenters. The van der Waals surface area contributed by atoms with Gasteiger partial charge in [0.2, 0.25) is 0 Å². The van der Waals surface area contributed by atoms with E-state index >= 15 is 0 Å². The highest BCUT2D eigenvalue weighted by Gasteiger charge is 2.21. The minimum atomic E-state index is 0.190. The number of carbonyl (C=O) groups excluding carboxylic acids is 1. The summed E-state index contributed by atoms with van der Waals surface area (Å²) in [6.45, 7) is 2.73. The van der Waals surface area contributed by atoms with E-state index in [4.69, 9.17) is 4.74 Å². The molecule has 1 rings (SSSR count). The van der Waals surface area contributed by atoms with Crippen LogP contribution in [0.1, 0.15) is 45.4 Å². The molecular formula is C12H22O2. The summed E-state index contributed by atoms with van der Waals surface area (Å²) in [5.74, 6) is 1.32. The van der Waals surface area contributed by atoms with E-state index in [-0.39, 0.29) is 5.92 Å². The third-order valence-electron chi connectivity index (χ3n) is 3.27. The Bertz CT molecular complexity index is 171. The van der Waals surface area contributed by atoms with Gasteiger partial charge in [-0.2, -0.15) is 0 Å². The maximum Gasteiger partial charge on any atom is 0.136 e. The van der Waals surface area contributed by atoms with Crippen molar-refractivity contribution in [3.63, 3.8) is 0 Å². The van der Waals surface area contributed by atoms with Gasteiger partial charge in [-0.25, -0.2) is 0 Å². The van der Waals surface area contributed by atoms with Gasteiger partial charge in [0.05, 0.1) is 0 Å². The third kappa shape index (κ3) is 3.79. The Morgan fingerprint density at radius 2 is 2.07 bits per heavy atom. The Kier molecular flexibility index (Phi) is 5.16. The molecule has 1 saturated carbocycles. The summed E-state index contributed by atoms with van der Waals surface area (Å²) in [6, 6.07) is 0. The van der Waals surface area contributed by atoms with Crippen LogP contribution in [-0.2, 0) is 9.53 Å². The van der Waals surface area contributed by atoms with E-state index in [0.29, 0.717) is 18.3 Å². The summed E-state index contributed by atoms with van der Waals surface area (Å²) >= 11 is 0. The Hall–Kier alpha value is -0.370. The summed E-state index contributed by atoms with van der Waals surface area (Å²) in [5.41, 5.74) is 0. The van der Waals surface area contributed by atoms with E-state index in [2.05, 4.69) is 0 Å². The average molecular weight is 198 g/mol. The molecule has 0 heterocycles. The van der Waals surface area contributed by atoms with E-state index in [1.165, 1.54) is 25.7 Å². The SMILES string of the molecule is COCCC(C)C(=O)CC1CCCC1. The zero-order valence-electron chi connectivity index (χ0n) is 9.42. The molecule has 0 N–H and O–H groups in total. The molecule has 2 heteroatoms. The second-order valence-electron chi connectivity index (χ2n) is 4.50. The molecule has 0 amide bonds. The number of hydrogen-bond donors (Lipinski definition) is 0. The number of rotatable bonds is 6. The van der Waals surface area contributed by atoms with Gasteiger partial charge in [-0.05, 0) is 12.3 Å². The molecular weight excluding hydrogens is 176 g/mol. The fourth-order valence-electron chi connectivity index (χ4n) is 2.16. The zero-order chi connectivity index (χ0) is 10.4. The molecule has 0 saturated heterocycles. The second kappa shape index (κ2) is 6.18. The summed E-state index contributed by atoms with van der Waals surface area (Å²) in [6.07, 6.45) is 6.87. The number of Topliss-reactive ketones (excluding diaryl/α,β-unsaturated/α-hetero) is 1. The number of carbonyl (C=O) groups is 1. The van der Waals surface area contributed by atoms with E-state index in [9.17, 15) is 4.79 Å². The number of hydrogen-bond acceptors (Lipinski definition) is 2. The first-order valence-corrected chi connectivity index (χ1v) is 5.75. The van der Waals surface area contributed by atoms with Crippen LogP contribution in [0.2, 0.25) is 0 Å². The van der Waals surface area contributed by atoms with Crippen molar-refractivity contribution in [2.75, 3.05) is 13.7 Å². The van der Waals surface area contributed by atoms with Crippen molar-refractivity contribution in [3.05, 3.63) is 0 Å². The summed E-state index contributed by atoms with van der Waals surface area (Å²) < 4.78 is 4.98. The first-order chi connectivity index (χ1) is 6.74. The number of ether oxygens (including phenoxy) is 1. The van der Waals surface area contributed by atoms with Crippen LogP contribution in [0.25, 0.3) is 0 Å². The van der Waals surface area contributed by atoms with Gasteiger partial charge in [-0.1, -0.05) is 32.6 Å². The lowest BCUT2D eigenvalue weighted by Crippen LogP contribution is -2.16. The monoisotopic (exact) mass is 198 g/mol. The molecule has 0 spiro atoms. The summed E-state index contributed by atoms with van der Waals surface area (Å²) in [5, 5.41) is 0. The van der Waals surface area contributed by atoms with Crippen molar-refractivity contribution in [2.45, 2.75) is 45.4 Å². The lowest BCUT2D eigenvalue weighted by atomic mass is 9.93. The van der Waals surface area contributed by atoms with Gasteiger partial charge in [0.25, 0.3) is 0 Å². The summed E-state index contributed by atoms with van der Waals surface area (Å²) in [7, 11) is 1.69. The van der Waals surface area contributed by atoms with E-state index < -0.39 is 0 Å². The van der Waals surface area contributed by atoms with E-state index in [0.717, 1.165) is 12.8 Å². The maximum absolute atomic E-state index is 11.7. The van der Waals surface area contributed by atoms with Crippen molar-refractivity contribution in [1.82, 2.24) is 0 Å². The molecule has 0 bridgehead atoms. The second-order valence-corrected chi connectivity index (χ2v) is 4.50. The molecule has 0 aromatic carbocycles. The largest absolute Gasteiger partial charge is 0.385 e. The van der Waals surface area contributed by atoms with E-state index in [1.54, 1.807) is 7.11 Å². The Labute approximate surface area is 87.0 Å². The van der Waals surface area contributed by atoms with E-state index in [1.807, 2.05) is 6.92 Å². The van der Waals surface area contributed by atoms with Crippen LogP contribution in [0, 0.1) is 11.8 Å². The fourth-order valence-corrected chi connectivity index (χ4v) is 2.16. The van der Waals surface area contributed by atoms with Crippen LogP contribution in [-0.4, -0.2) is 19.5 Å². The van der Waals surface area contributed by atoms with Gasteiger partial charge in [0, 0.05) is 26.1 Å². The van der Waals surface area contributed by atoms with Crippen molar-refractivity contribution in [3.8, 4) is 0 Å². The lowest BCUT2D eigenvalue weighted by molar-refractivity contribution is -0.123. The van der Waals surface area contributed by atoms with Gasteiger partial charge < -0.3 is 4.74 Å². The molecule has 2 nitrogen and oxygen atoms in total. The quantitative estimate of drug-likeness (QED) is 0.656. The maximum atomic E-state index is 11.7. The number of ketones is 1. The van der Waals surface area contributed by atoms with Crippen molar-refractivity contribution in [2.24, 2.45) is 11.8 Å². The van der Waals surface area contributed by atoms with Crippen LogP contribution in [0.5, 0.6) is 0 Å². The Morgan fingerprint density at radius 3 is 2.64 bits per heavy atom. The molecule has 0 aliphatic heterocycles. The predicted octanol–water partition coefficient (Wildman–Crippen LogP) is 2.81. The number of methoxy groups -OCH3 is 1. The minimum Gasteiger partial charge on any atom is -0.385 e. The molecule has 1 aliphatic rings. The summed E-state index contributed by atoms with van der Waals surface area (Å²) in [4.78, 5) is 11.7. The van der Waals surface area contributed by atoms with Crippen molar-refractivity contribution >= 4 is 5.78 Å². The molecule has 1 atom stereocenters. The lowest BCUT2D eigenvalue weighted by Gasteiger charge is -2.13. The highest BCUT2D eigenvalue weighted by atomic mass is 16.5. The standard InChI is InChI=1S/C12H22O2/c1-10(7-8-14-2)12(13)9-11-5-3-4-6-11/h10-11H,3-9H2,1-2H3. The smallest absolute Gasteiger partial charge is 0.136 e. The molecule has 1 aliphatic carbocycles. The molecule has 0 radical (unpaired) electrons. The molecule has 14 heavy (non-hydrogen) atoms. The van der Waals surface area contributed by atoms with Gasteiger partial charge in [-0.15, -0.1) is 0 Å². The van der Waals surface area contributed by atoms with Gasteiger partial charge in [-0.3, -0.25) is 4.79 Å². The molecule has 0 aromatic heterocycles. The zero-order valence-corrected chi connectivity index (χ0v) is 9.42. The van der Waals surface area contributed by atoms with Gasteiger partial charge in [0.1, 0.15) is 5.78 Å². The molecule has 0 aromatic rings. The first kappa shape index (κ1) is 11.7. The van der Waals surface area contributed by atoms with Crippen LogP contribution in [0.15, 0.2) is 0 Å². The van der Waals surface area contributed by atoms with Gasteiger partial charge >= 0.3 is 0 Å². The predicted molar refractivity (Wildman–Crippen MR) is 57.2 cm³/mol. The first-order valence-electron chi connectivity index (χ1n) is 5.75. The van der Waals surface area contributed by atoms with Crippen LogP contribution < -0.4 is 0 Å². The topological polar surface area (TPSA) is 26.3 Å². The minimum absolute atomic E-state index is 0.190.